The number of furan rings is 1. The number of hydrogen-bond donors (Lipinski definition) is 0. The van der Waals surface area contributed by atoms with Crippen LogP contribution in [-0.2, 0) is 13.5 Å². The smallest absolute Gasteiger partial charge is 0.172 e. The van der Waals surface area contributed by atoms with Crippen LogP contribution in [0.1, 0.15) is 33.1 Å². The Kier molecular flexibility index (Phi) is 2.83. The third-order valence-corrected chi connectivity index (χ3v) is 2.83. The lowest BCUT2D eigenvalue weighted by Crippen LogP contribution is -2.06. The molecule has 0 saturated carbocycles. The van der Waals surface area contributed by atoms with Gasteiger partial charge < -0.3 is 4.42 Å². The molecule has 2 heterocycles. The zero-order chi connectivity index (χ0) is 12.6. The van der Waals surface area contributed by atoms with Crippen LogP contribution in [0.25, 0.3) is 0 Å². The molecule has 0 atom stereocenters. The van der Waals surface area contributed by atoms with Crippen molar-refractivity contribution in [3.05, 3.63) is 34.5 Å². The van der Waals surface area contributed by atoms with Gasteiger partial charge in [-0.25, -0.2) is 0 Å². The zero-order valence-electron chi connectivity index (χ0n) is 10.4. The van der Waals surface area contributed by atoms with Crippen molar-refractivity contribution >= 4 is 5.78 Å². The van der Waals surface area contributed by atoms with Gasteiger partial charge in [0.2, 0.25) is 0 Å². The van der Waals surface area contributed by atoms with Crippen molar-refractivity contribution in [1.82, 2.24) is 15.0 Å². The lowest BCUT2D eigenvalue weighted by molar-refractivity contribution is 0.0990. The van der Waals surface area contributed by atoms with E-state index in [-0.39, 0.29) is 12.2 Å². The third-order valence-electron chi connectivity index (χ3n) is 2.83. The molecule has 5 nitrogen and oxygen atoms in total. The van der Waals surface area contributed by atoms with E-state index in [9.17, 15) is 4.79 Å². The molecular weight excluding hydrogens is 218 g/mol. The van der Waals surface area contributed by atoms with Crippen molar-refractivity contribution < 1.29 is 9.21 Å². The first-order chi connectivity index (χ1) is 7.99. The maximum Gasteiger partial charge on any atom is 0.172 e. The first-order valence-corrected chi connectivity index (χ1v) is 5.44. The maximum absolute atomic E-state index is 12.1. The summed E-state index contributed by atoms with van der Waals surface area (Å²) in [6.45, 7) is 5.57. The fourth-order valence-electron chi connectivity index (χ4n) is 1.93. The first-order valence-electron chi connectivity index (χ1n) is 5.44. The molecule has 90 valence electrons. The molecule has 2 rings (SSSR count). The maximum atomic E-state index is 12.1. The van der Waals surface area contributed by atoms with Crippen LogP contribution in [0.3, 0.4) is 0 Å². The Balaban J connectivity index is 2.26. The fourth-order valence-corrected chi connectivity index (χ4v) is 1.93. The van der Waals surface area contributed by atoms with Crippen LogP contribution in [0.5, 0.6) is 0 Å². The highest BCUT2D eigenvalue weighted by Gasteiger charge is 2.19. The predicted molar refractivity (Wildman–Crippen MR) is 62.0 cm³/mol. The van der Waals surface area contributed by atoms with Gasteiger partial charge in [-0.2, -0.15) is 0 Å². The number of aromatic nitrogens is 3. The van der Waals surface area contributed by atoms with E-state index in [0.29, 0.717) is 17.0 Å². The summed E-state index contributed by atoms with van der Waals surface area (Å²) in [5.74, 6) is 1.50. The second-order valence-corrected chi connectivity index (χ2v) is 4.20. The molecule has 0 bridgehead atoms. The van der Waals surface area contributed by atoms with E-state index >= 15 is 0 Å². The SMILES string of the molecule is Cc1oc(C)c(C(=O)Cc2cn(C)nn2)c1C. The lowest BCUT2D eigenvalue weighted by atomic mass is 10.0. The molecule has 17 heavy (non-hydrogen) atoms. The first kappa shape index (κ1) is 11.6. The minimum Gasteiger partial charge on any atom is -0.466 e. The van der Waals surface area contributed by atoms with Gasteiger partial charge in [0.05, 0.1) is 17.7 Å². The van der Waals surface area contributed by atoms with Crippen LogP contribution in [0, 0.1) is 20.8 Å². The van der Waals surface area contributed by atoms with Crippen LogP contribution in [-0.4, -0.2) is 20.8 Å². The number of carbonyl (C=O) groups is 1. The second-order valence-electron chi connectivity index (χ2n) is 4.20. The molecule has 0 spiro atoms. The third kappa shape index (κ3) is 2.13. The highest BCUT2D eigenvalue weighted by atomic mass is 16.3. The van der Waals surface area contributed by atoms with Gasteiger partial charge in [-0.15, -0.1) is 5.10 Å². The monoisotopic (exact) mass is 233 g/mol. The van der Waals surface area contributed by atoms with Crippen molar-refractivity contribution in [2.24, 2.45) is 7.05 Å². The number of ketones is 1. The number of carbonyl (C=O) groups excluding carboxylic acids is 1. The van der Waals surface area contributed by atoms with Gasteiger partial charge in [0, 0.05) is 18.8 Å². The lowest BCUT2D eigenvalue weighted by Gasteiger charge is -1.98. The van der Waals surface area contributed by atoms with Crippen LogP contribution in [0.2, 0.25) is 0 Å². The molecule has 0 amide bonds. The van der Waals surface area contributed by atoms with E-state index in [1.165, 1.54) is 0 Å². The van der Waals surface area contributed by atoms with Crippen molar-refractivity contribution in [2.45, 2.75) is 27.2 Å². The van der Waals surface area contributed by atoms with Crippen LogP contribution >= 0.6 is 0 Å². The number of nitrogens with zero attached hydrogens (tertiary/aromatic N) is 3. The molecule has 0 unspecified atom stereocenters. The molecule has 0 aromatic carbocycles. The Morgan fingerprint density at radius 2 is 2.06 bits per heavy atom. The predicted octanol–water partition coefficient (Wildman–Crippen LogP) is 1.76. The Morgan fingerprint density at radius 1 is 1.35 bits per heavy atom. The van der Waals surface area contributed by atoms with Gasteiger partial charge in [-0.1, -0.05) is 5.21 Å². The minimum absolute atomic E-state index is 0.0253. The van der Waals surface area contributed by atoms with Crippen molar-refractivity contribution in [2.75, 3.05) is 0 Å². The Bertz CT molecular complexity index is 566. The van der Waals surface area contributed by atoms with E-state index in [2.05, 4.69) is 10.3 Å². The van der Waals surface area contributed by atoms with Gasteiger partial charge in [0.25, 0.3) is 0 Å². The molecule has 0 N–H and O–H groups in total. The molecule has 0 aliphatic carbocycles. The average molecular weight is 233 g/mol. The molecule has 0 fully saturated rings. The van der Waals surface area contributed by atoms with Crippen LogP contribution < -0.4 is 0 Å². The highest BCUT2D eigenvalue weighted by molar-refractivity contribution is 5.99. The zero-order valence-corrected chi connectivity index (χ0v) is 10.4. The van der Waals surface area contributed by atoms with E-state index in [4.69, 9.17) is 4.42 Å². The second kappa shape index (κ2) is 4.16. The Morgan fingerprint density at radius 3 is 2.53 bits per heavy atom. The standard InChI is InChI=1S/C12H15N3O2/c1-7-8(2)17-9(3)12(7)11(16)5-10-6-15(4)14-13-10/h6H,5H2,1-4H3. The minimum atomic E-state index is 0.0253. The average Bonchev–Trinajstić information content (AvgIpc) is 2.73. The van der Waals surface area contributed by atoms with Gasteiger partial charge >= 0.3 is 0 Å². The summed E-state index contributed by atoms with van der Waals surface area (Å²) in [4.78, 5) is 12.1. The van der Waals surface area contributed by atoms with E-state index in [0.717, 1.165) is 11.3 Å². The highest BCUT2D eigenvalue weighted by Crippen LogP contribution is 2.22. The number of rotatable bonds is 3. The van der Waals surface area contributed by atoms with E-state index in [1.807, 2.05) is 20.8 Å². The van der Waals surface area contributed by atoms with Crippen molar-refractivity contribution in [1.29, 1.82) is 0 Å². The topological polar surface area (TPSA) is 60.9 Å². The van der Waals surface area contributed by atoms with Crippen molar-refractivity contribution in [3.63, 3.8) is 0 Å². The largest absolute Gasteiger partial charge is 0.466 e. The van der Waals surface area contributed by atoms with Gasteiger partial charge in [0.15, 0.2) is 5.78 Å². The molecule has 0 aliphatic heterocycles. The summed E-state index contributed by atoms with van der Waals surface area (Å²) in [5.41, 5.74) is 2.26. The molecule has 0 radical (unpaired) electrons. The Hall–Kier alpha value is -1.91. The van der Waals surface area contributed by atoms with Crippen molar-refractivity contribution in [3.8, 4) is 0 Å². The molecule has 0 saturated heterocycles. The summed E-state index contributed by atoms with van der Waals surface area (Å²) in [5, 5.41) is 7.71. The summed E-state index contributed by atoms with van der Waals surface area (Å²) in [6, 6.07) is 0. The number of aryl methyl sites for hydroxylation is 3. The summed E-state index contributed by atoms with van der Waals surface area (Å²) in [6.07, 6.45) is 2.00. The van der Waals surface area contributed by atoms with Gasteiger partial charge in [-0.3, -0.25) is 9.48 Å². The quantitative estimate of drug-likeness (QED) is 0.758. The molecule has 0 aliphatic rings. The van der Waals surface area contributed by atoms with E-state index < -0.39 is 0 Å². The molecule has 2 aromatic heterocycles. The molecule has 2 aromatic rings. The van der Waals surface area contributed by atoms with Crippen LogP contribution in [0.15, 0.2) is 10.6 Å². The normalized spacial score (nSPS) is 10.8. The van der Waals surface area contributed by atoms with E-state index in [1.54, 1.807) is 17.9 Å². The fraction of sp³-hybridized carbons (Fsp3) is 0.417. The number of hydrogen-bond acceptors (Lipinski definition) is 4. The Labute approximate surface area is 99.4 Å². The molecule has 5 heteroatoms. The number of Topliss-reactive ketones (excluding diaryl/α,β-unsaturated/α-hetero) is 1. The summed E-state index contributed by atoms with van der Waals surface area (Å²) < 4.78 is 7.03. The van der Waals surface area contributed by atoms with Crippen LogP contribution in [0.4, 0.5) is 0 Å². The summed E-state index contributed by atoms with van der Waals surface area (Å²) >= 11 is 0. The summed E-state index contributed by atoms with van der Waals surface area (Å²) in [7, 11) is 1.78. The van der Waals surface area contributed by atoms with Gasteiger partial charge in [0.1, 0.15) is 11.5 Å². The van der Waals surface area contributed by atoms with Gasteiger partial charge in [-0.05, 0) is 20.8 Å². The molecular formula is C12H15N3O2.